The highest BCUT2D eigenvalue weighted by Crippen LogP contribution is 2.25. The van der Waals surface area contributed by atoms with Gasteiger partial charge in [0.05, 0.1) is 0 Å². The van der Waals surface area contributed by atoms with Crippen molar-refractivity contribution in [2.75, 3.05) is 0 Å². The maximum absolute atomic E-state index is 13.4. The summed E-state index contributed by atoms with van der Waals surface area (Å²) in [5.74, 6) is 0.910. The van der Waals surface area contributed by atoms with Crippen molar-refractivity contribution < 1.29 is 9.13 Å². The molecule has 100 valence electrons. The first kappa shape index (κ1) is 13.6. The highest BCUT2D eigenvalue weighted by molar-refractivity contribution is 5.35. The van der Waals surface area contributed by atoms with E-state index in [4.69, 9.17) is 10.5 Å². The first-order valence-corrected chi connectivity index (χ1v) is 6.39. The molecule has 0 aliphatic rings. The molecule has 3 heteroatoms. The molecule has 0 bridgehead atoms. The molecule has 0 saturated heterocycles. The van der Waals surface area contributed by atoms with Crippen LogP contribution in [0, 0.1) is 12.7 Å². The number of hydrogen-bond donors (Lipinski definition) is 1. The lowest BCUT2D eigenvalue weighted by atomic mass is 10.1. The second-order valence-electron chi connectivity index (χ2n) is 4.60. The maximum atomic E-state index is 13.4. The van der Waals surface area contributed by atoms with Crippen molar-refractivity contribution in [1.29, 1.82) is 0 Å². The van der Waals surface area contributed by atoms with Crippen LogP contribution in [-0.4, -0.2) is 0 Å². The molecule has 2 aromatic carbocycles. The van der Waals surface area contributed by atoms with E-state index in [0.717, 1.165) is 12.0 Å². The predicted molar refractivity (Wildman–Crippen MR) is 74.9 cm³/mol. The van der Waals surface area contributed by atoms with Crippen LogP contribution in [0.1, 0.15) is 30.5 Å². The van der Waals surface area contributed by atoms with Crippen molar-refractivity contribution in [2.24, 2.45) is 5.73 Å². The number of ether oxygens (including phenoxy) is 1. The van der Waals surface area contributed by atoms with E-state index < -0.39 is 0 Å². The van der Waals surface area contributed by atoms with Gasteiger partial charge in [-0.1, -0.05) is 25.1 Å². The van der Waals surface area contributed by atoms with Gasteiger partial charge in [-0.3, -0.25) is 0 Å². The van der Waals surface area contributed by atoms with E-state index in [1.807, 2.05) is 31.2 Å². The first-order chi connectivity index (χ1) is 9.10. The summed E-state index contributed by atoms with van der Waals surface area (Å²) >= 11 is 0. The van der Waals surface area contributed by atoms with Crippen molar-refractivity contribution in [1.82, 2.24) is 0 Å². The monoisotopic (exact) mass is 259 g/mol. The number of aryl methyl sites for hydroxylation is 1. The Morgan fingerprint density at radius 2 is 1.74 bits per heavy atom. The summed E-state index contributed by atoms with van der Waals surface area (Å²) in [6.07, 6.45) is 0.892. The van der Waals surface area contributed by atoms with Crippen LogP contribution in [0.3, 0.4) is 0 Å². The highest BCUT2D eigenvalue weighted by Gasteiger charge is 2.05. The number of halogens is 1. The van der Waals surface area contributed by atoms with Crippen molar-refractivity contribution in [2.45, 2.75) is 26.3 Å². The van der Waals surface area contributed by atoms with E-state index in [1.165, 1.54) is 6.07 Å². The molecule has 0 spiro atoms. The van der Waals surface area contributed by atoms with Crippen molar-refractivity contribution >= 4 is 0 Å². The zero-order chi connectivity index (χ0) is 13.8. The lowest BCUT2D eigenvalue weighted by Crippen LogP contribution is -2.07. The fourth-order valence-electron chi connectivity index (χ4n) is 1.79. The van der Waals surface area contributed by atoms with Crippen molar-refractivity contribution in [3.8, 4) is 11.5 Å². The van der Waals surface area contributed by atoms with Crippen LogP contribution in [-0.2, 0) is 0 Å². The zero-order valence-corrected chi connectivity index (χ0v) is 11.2. The molecule has 0 unspecified atom stereocenters. The van der Waals surface area contributed by atoms with Gasteiger partial charge in [0.1, 0.15) is 17.3 Å². The SMILES string of the molecule is CC[C@@H](N)c1ccc(Oc2ccc(C)c(F)c2)cc1. The summed E-state index contributed by atoms with van der Waals surface area (Å²) in [4.78, 5) is 0. The Balaban J connectivity index is 2.12. The molecular formula is C16H18FNO. The van der Waals surface area contributed by atoms with Gasteiger partial charge in [0.15, 0.2) is 0 Å². The van der Waals surface area contributed by atoms with Gasteiger partial charge in [0.2, 0.25) is 0 Å². The number of nitrogens with two attached hydrogens (primary N) is 1. The van der Waals surface area contributed by atoms with E-state index >= 15 is 0 Å². The molecule has 0 amide bonds. The molecule has 2 aromatic rings. The fourth-order valence-corrected chi connectivity index (χ4v) is 1.79. The number of rotatable bonds is 4. The van der Waals surface area contributed by atoms with E-state index in [2.05, 4.69) is 0 Å². The summed E-state index contributed by atoms with van der Waals surface area (Å²) in [7, 11) is 0. The van der Waals surface area contributed by atoms with E-state index in [0.29, 0.717) is 17.1 Å². The van der Waals surface area contributed by atoms with Gasteiger partial charge in [-0.25, -0.2) is 4.39 Å². The third-order valence-corrected chi connectivity index (χ3v) is 3.13. The van der Waals surface area contributed by atoms with Crippen molar-refractivity contribution in [3.05, 3.63) is 59.4 Å². The third-order valence-electron chi connectivity index (χ3n) is 3.13. The van der Waals surface area contributed by atoms with Gasteiger partial charge in [0.25, 0.3) is 0 Å². The van der Waals surface area contributed by atoms with Crippen LogP contribution in [0.4, 0.5) is 4.39 Å². The standard InChI is InChI=1S/C16H18FNO/c1-3-16(18)12-5-8-13(9-6-12)19-14-7-4-11(2)15(17)10-14/h4-10,16H,3,18H2,1-2H3/t16-/m1/s1. The van der Waals surface area contributed by atoms with Gasteiger partial charge >= 0.3 is 0 Å². The van der Waals surface area contributed by atoms with Crippen LogP contribution < -0.4 is 10.5 Å². The molecule has 0 aromatic heterocycles. The Labute approximate surface area is 113 Å². The van der Waals surface area contributed by atoms with E-state index in [1.54, 1.807) is 19.1 Å². The summed E-state index contributed by atoms with van der Waals surface area (Å²) in [5.41, 5.74) is 7.63. The normalized spacial score (nSPS) is 12.2. The Morgan fingerprint density at radius 3 is 2.32 bits per heavy atom. The van der Waals surface area contributed by atoms with Gasteiger partial charge in [-0.2, -0.15) is 0 Å². The summed E-state index contributed by atoms with van der Waals surface area (Å²) in [6, 6.07) is 12.5. The highest BCUT2D eigenvalue weighted by atomic mass is 19.1. The minimum atomic E-state index is -0.262. The van der Waals surface area contributed by atoms with Crippen LogP contribution in [0.25, 0.3) is 0 Å². The number of hydrogen-bond acceptors (Lipinski definition) is 2. The smallest absolute Gasteiger partial charge is 0.130 e. The topological polar surface area (TPSA) is 35.2 Å². The minimum Gasteiger partial charge on any atom is -0.457 e. The molecule has 0 saturated carbocycles. The minimum absolute atomic E-state index is 0.0471. The lowest BCUT2D eigenvalue weighted by molar-refractivity contribution is 0.475. The van der Waals surface area contributed by atoms with Gasteiger partial charge in [-0.15, -0.1) is 0 Å². The third kappa shape index (κ3) is 3.32. The molecule has 2 nitrogen and oxygen atoms in total. The molecule has 0 radical (unpaired) electrons. The van der Waals surface area contributed by atoms with Crippen LogP contribution in [0.5, 0.6) is 11.5 Å². The Hall–Kier alpha value is -1.87. The summed E-state index contributed by atoms with van der Waals surface area (Å²) < 4.78 is 19.0. The first-order valence-electron chi connectivity index (χ1n) is 6.39. The van der Waals surface area contributed by atoms with Crippen LogP contribution >= 0.6 is 0 Å². The quantitative estimate of drug-likeness (QED) is 0.886. The van der Waals surface area contributed by atoms with Gasteiger partial charge < -0.3 is 10.5 Å². The van der Waals surface area contributed by atoms with Crippen LogP contribution in [0.15, 0.2) is 42.5 Å². The molecule has 2 N–H and O–H groups in total. The van der Waals surface area contributed by atoms with Crippen molar-refractivity contribution in [3.63, 3.8) is 0 Å². The fraction of sp³-hybridized carbons (Fsp3) is 0.250. The molecule has 0 aliphatic heterocycles. The molecule has 2 rings (SSSR count). The second kappa shape index (κ2) is 5.85. The summed E-state index contributed by atoms with van der Waals surface area (Å²) in [6.45, 7) is 3.77. The molecule has 0 fully saturated rings. The summed E-state index contributed by atoms with van der Waals surface area (Å²) in [5, 5.41) is 0. The average Bonchev–Trinajstić information content (AvgIpc) is 2.43. The van der Waals surface area contributed by atoms with Gasteiger partial charge in [0, 0.05) is 12.1 Å². The van der Waals surface area contributed by atoms with E-state index in [-0.39, 0.29) is 11.9 Å². The largest absolute Gasteiger partial charge is 0.457 e. The number of benzene rings is 2. The molecule has 0 heterocycles. The maximum Gasteiger partial charge on any atom is 0.130 e. The second-order valence-corrected chi connectivity index (χ2v) is 4.60. The lowest BCUT2D eigenvalue weighted by Gasteiger charge is -2.11. The average molecular weight is 259 g/mol. The Bertz CT molecular complexity index is 551. The Kier molecular flexibility index (Phi) is 4.17. The molecule has 19 heavy (non-hydrogen) atoms. The molecular weight excluding hydrogens is 241 g/mol. The van der Waals surface area contributed by atoms with Gasteiger partial charge in [-0.05, 0) is 42.7 Å². The van der Waals surface area contributed by atoms with Crippen LogP contribution in [0.2, 0.25) is 0 Å². The zero-order valence-electron chi connectivity index (χ0n) is 11.2. The van der Waals surface area contributed by atoms with E-state index in [9.17, 15) is 4.39 Å². The Morgan fingerprint density at radius 1 is 1.11 bits per heavy atom. The molecule has 1 atom stereocenters. The molecule has 0 aliphatic carbocycles. The predicted octanol–water partition coefficient (Wildman–Crippen LogP) is 4.34.